The molecular formula is C14H14F2N6O. The van der Waals surface area contributed by atoms with Gasteiger partial charge in [0.25, 0.3) is 0 Å². The lowest BCUT2D eigenvalue weighted by atomic mass is 10.2. The fourth-order valence-electron chi connectivity index (χ4n) is 1.82. The molecule has 0 saturated carbocycles. The molecule has 0 unspecified atom stereocenters. The quantitative estimate of drug-likeness (QED) is 0.512. The lowest BCUT2D eigenvalue weighted by molar-refractivity contribution is -0.114. The first-order chi connectivity index (χ1) is 10.9. The van der Waals surface area contributed by atoms with Crippen LogP contribution in [0.2, 0.25) is 0 Å². The fourth-order valence-corrected chi connectivity index (χ4v) is 1.82. The van der Waals surface area contributed by atoms with Crippen molar-refractivity contribution in [1.82, 2.24) is 9.97 Å². The van der Waals surface area contributed by atoms with Crippen LogP contribution in [0.15, 0.2) is 28.4 Å². The monoisotopic (exact) mass is 320 g/mol. The highest BCUT2D eigenvalue weighted by atomic mass is 19.1. The number of rotatable bonds is 4. The first-order valence-electron chi connectivity index (χ1n) is 6.59. The number of hydrogen-bond acceptors (Lipinski definition) is 6. The summed E-state index contributed by atoms with van der Waals surface area (Å²) >= 11 is 0. The van der Waals surface area contributed by atoms with Crippen LogP contribution in [0.1, 0.15) is 12.5 Å². The Balaban J connectivity index is 2.39. The van der Waals surface area contributed by atoms with Crippen LogP contribution < -0.4 is 10.6 Å². The van der Waals surface area contributed by atoms with Crippen molar-refractivity contribution in [2.24, 2.45) is 10.2 Å². The summed E-state index contributed by atoms with van der Waals surface area (Å²) in [5, 5.41) is 12.9. The highest BCUT2D eigenvalue weighted by Crippen LogP contribution is 2.30. The maximum absolute atomic E-state index is 13.4. The van der Waals surface area contributed by atoms with E-state index in [9.17, 15) is 13.6 Å². The standard InChI is InChI=1S/C14H14F2N6O/c1-7-12(15)20-14(16)21-13(7)19-9-4-5-10(22-17-3)11(6-9)18-8(2)23/h4-6H,1-3H3,(H,18,23)(H,19,20,21). The fraction of sp³-hybridized carbons (Fsp3) is 0.214. The van der Waals surface area contributed by atoms with Crippen LogP contribution >= 0.6 is 0 Å². The average Bonchev–Trinajstić information content (AvgIpc) is 2.46. The largest absolute Gasteiger partial charge is 0.340 e. The van der Waals surface area contributed by atoms with E-state index in [0.29, 0.717) is 17.1 Å². The molecule has 7 nitrogen and oxygen atoms in total. The molecule has 0 saturated heterocycles. The van der Waals surface area contributed by atoms with Gasteiger partial charge in [0.1, 0.15) is 11.5 Å². The smallest absolute Gasteiger partial charge is 0.313 e. The normalized spacial score (nSPS) is 10.8. The minimum Gasteiger partial charge on any atom is -0.340 e. The van der Waals surface area contributed by atoms with Crippen molar-refractivity contribution in [1.29, 1.82) is 0 Å². The molecule has 1 aromatic heterocycles. The summed E-state index contributed by atoms with van der Waals surface area (Å²) in [6.45, 7) is 2.78. The van der Waals surface area contributed by atoms with E-state index in [1.807, 2.05) is 0 Å². The van der Waals surface area contributed by atoms with Gasteiger partial charge in [0.05, 0.1) is 5.69 Å². The predicted molar refractivity (Wildman–Crippen MR) is 81.2 cm³/mol. The Morgan fingerprint density at radius 3 is 2.65 bits per heavy atom. The van der Waals surface area contributed by atoms with E-state index in [1.54, 1.807) is 18.2 Å². The number of azo groups is 1. The zero-order valence-electron chi connectivity index (χ0n) is 12.7. The Hall–Kier alpha value is -2.97. The molecule has 2 N–H and O–H groups in total. The Kier molecular flexibility index (Phi) is 4.89. The van der Waals surface area contributed by atoms with Gasteiger partial charge in [-0.15, -0.1) is 0 Å². The highest BCUT2D eigenvalue weighted by Gasteiger charge is 2.12. The number of nitrogens with zero attached hydrogens (tertiary/aromatic N) is 4. The van der Waals surface area contributed by atoms with Gasteiger partial charge in [0.2, 0.25) is 11.9 Å². The van der Waals surface area contributed by atoms with Gasteiger partial charge in [0.15, 0.2) is 0 Å². The Morgan fingerprint density at radius 2 is 2.00 bits per heavy atom. The van der Waals surface area contributed by atoms with Crippen LogP contribution in [-0.4, -0.2) is 22.9 Å². The second-order valence-corrected chi connectivity index (χ2v) is 4.60. The first kappa shape index (κ1) is 16.4. The summed E-state index contributed by atoms with van der Waals surface area (Å²) in [4.78, 5) is 17.8. The summed E-state index contributed by atoms with van der Waals surface area (Å²) in [6, 6.07) is 4.78. The van der Waals surface area contributed by atoms with E-state index in [-0.39, 0.29) is 17.3 Å². The van der Waals surface area contributed by atoms with Gasteiger partial charge in [-0.25, -0.2) is 0 Å². The Labute approximate surface area is 130 Å². The molecule has 1 aromatic carbocycles. The molecule has 9 heteroatoms. The van der Waals surface area contributed by atoms with Gasteiger partial charge < -0.3 is 10.6 Å². The third-order valence-corrected chi connectivity index (χ3v) is 2.84. The summed E-state index contributed by atoms with van der Waals surface area (Å²) in [6.07, 6.45) is -1.17. The van der Waals surface area contributed by atoms with Crippen LogP contribution in [0.3, 0.4) is 0 Å². The Morgan fingerprint density at radius 1 is 1.26 bits per heavy atom. The van der Waals surface area contributed by atoms with Crippen molar-refractivity contribution < 1.29 is 13.6 Å². The number of benzene rings is 1. The Bertz CT molecular complexity index is 778. The first-order valence-corrected chi connectivity index (χ1v) is 6.59. The van der Waals surface area contributed by atoms with E-state index in [0.717, 1.165) is 0 Å². The lowest BCUT2D eigenvalue weighted by Gasteiger charge is -2.12. The van der Waals surface area contributed by atoms with E-state index in [4.69, 9.17) is 0 Å². The number of amides is 1. The molecule has 2 aromatic rings. The molecule has 0 aliphatic carbocycles. The van der Waals surface area contributed by atoms with Gasteiger partial charge in [0, 0.05) is 25.2 Å². The molecule has 0 spiro atoms. The van der Waals surface area contributed by atoms with Crippen LogP contribution in [0.4, 0.5) is 31.7 Å². The van der Waals surface area contributed by atoms with Gasteiger partial charge in [-0.3, -0.25) is 4.79 Å². The molecule has 0 fully saturated rings. The van der Waals surface area contributed by atoms with Crippen LogP contribution in [-0.2, 0) is 4.79 Å². The maximum Gasteiger partial charge on any atom is 0.313 e. The molecule has 0 atom stereocenters. The highest BCUT2D eigenvalue weighted by molar-refractivity contribution is 5.93. The molecule has 2 rings (SSSR count). The molecule has 0 aliphatic heterocycles. The summed E-state index contributed by atoms with van der Waals surface area (Å²) in [7, 11) is 1.50. The van der Waals surface area contributed by atoms with Crippen LogP contribution in [0, 0.1) is 18.9 Å². The van der Waals surface area contributed by atoms with E-state index in [1.165, 1.54) is 20.9 Å². The molecule has 1 amide bonds. The van der Waals surface area contributed by atoms with Crippen LogP contribution in [0.5, 0.6) is 0 Å². The maximum atomic E-state index is 13.4. The zero-order valence-corrected chi connectivity index (χ0v) is 12.7. The van der Waals surface area contributed by atoms with Crippen LogP contribution in [0.25, 0.3) is 0 Å². The van der Waals surface area contributed by atoms with E-state index in [2.05, 4.69) is 30.8 Å². The van der Waals surface area contributed by atoms with Crippen molar-refractivity contribution in [3.8, 4) is 0 Å². The topological polar surface area (TPSA) is 91.6 Å². The number of carbonyl (C=O) groups excluding carboxylic acids is 1. The van der Waals surface area contributed by atoms with Crippen molar-refractivity contribution in [3.63, 3.8) is 0 Å². The molecule has 0 radical (unpaired) electrons. The van der Waals surface area contributed by atoms with Crippen molar-refractivity contribution in [3.05, 3.63) is 35.8 Å². The number of aromatic nitrogens is 2. The molecule has 23 heavy (non-hydrogen) atoms. The minimum atomic E-state index is -1.17. The summed E-state index contributed by atoms with van der Waals surface area (Å²) in [5.41, 5.74) is 1.39. The van der Waals surface area contributed by atoms with Crippen molar-refractivity contribution >= 4 is 28.8 Å². The zero-order chi connectivity index (χ0) is 17.0. The van der Waals surface area contributed by atoms with Crippen molar-refractivity contribution in [2.45, 2.75) is 13.8 Å². The SMILES string of the molecule is CN=Nc1ccc(Nc2nc(F)nc(F)c2C)cc1NC(C)=O. The third-order valence-electron chi connectivity index (χ3n) is 2.84. The second-order valence-electron chi connectivity index (χ2n) is 4.60. The average molecular weight is 320 g/mol. The molecule has 0 aliphatic rings. The minimum absolute atomic E-state index is 0.00589. The number of nitrogens with one attached hydrogen (secondary N) is 2. The van der Waals surface area contributed by atoms with Crippen molar-refractivity contribution in [2.75, 3.05) is 17.7 Å². The number of hydrogen-bond donors (Lipinski definition) is 2. The van der Waals surface area contributed by atoms with Gasteiger partial charge >= 0.3 is 6.08 Å². The number of carbonyl (C=O) groups is 1. The number of halogens is 2. The van der Waals surface area contributed by atoms with Gasteiger partial charge in [-0.2, -0.15) is 29.0 Å². The molecule has 120 valence electrons. The van der Waals surface area contributed by atoms with Gasteiger partial charge in [-0.1, -0.05) is 0 Å². The van der Waals surface area contributed by atoms with E-state index < -0.39 is 12.0 Å². The second kappa shape index (κ2) is 6.86. The number of anilines is 3. The molecule has 0 bridgehead atoms. The summed E-state index contributed by atoms with van der Waals surface area (Å²) in [5.74, 6) is -1.24. The molecule has 1 heterocycles. The van der Waals surface area contributed by atoms with Gasteiger partial charge in [-0.05, 0) is 25.1 Å². The third kappa shape index (κ3) is 4.02. The predicted octanol–water partition coefficient (Wildman–Crippen LogP) is 3.48. The lowest BCUT2D eigenvalue weighted by Crippen LogP contribution is -2.07. The van der Waals surface area contributed by atoms with E-state index >= 15 is 0 Å². The molecular weight excluding hydrogens is 306 g/mol. The summed E-state index contributed by atoms with van der Waals surface area (Å²) < 4.78 is 26.6.